The van der Waals surface area contributed by atoms with E-state index in [1.807, 2.05) is 12.1 Å². The molecule has 2 aromatic rings. The molecule has 1 aromatic carbocycles. The van der Waals surface area contributed by atoms with Gasteiger partial charge in [0.25, 0.3) is 0 Å². The summed E-state index contributed by atoms with van der Waals surface area (Å²) in [5.41, 5.74) is 1.52. The van der Waals surface area contributed by atoms with Crippen molar-refractivity contribution in [2.75, 3.05) is 13.9 Å². The van der Waals surface area contributed by atoms with Gasteiger partial charge in [0.15, 0.2) is 11.5 Å². The molecule has 0 amide bonds. The number of aliphatic hydroxyl groups excluding tert-OH is 1. The minimum atomic E-state index is -0.693. The Kier molecular flexibility index (Phi) is 3.98. The smallest absolute Gasteiger partial charge is 0.231 e. The van der Waals surface area contributed by atoms with Crippen molar-refractivity contribution in [3.63, 3.8) is 0 Å². The third-order valence-electron chi connectivity index (χ3n) is 3.26. The second-order valence-electron chi connectivity index (χ2n) is 4.64. The zero-order valence-corrected chi connectivity index (χ0v) is 13.0. The Morgan fingerprint density at radius 2 is 2.24 bits per heavy atom. The van der Waals surface area contributed by atoms with Crippen LogP contribution in [-0.2, 0) is 6.42 Å². The highest BCUT2D eigenvalue weighted by Crippen LogP contribution is 2.43. The number of hydrogen-bond acceptors (Lipinski definition) is 5. The van der Waals surface area contributed by atoms with Crippen molar-refractivity contribution in [3.05, 3.63) is 46.2 Å². The number of hydrogen-bond donors (Lipinski definition) is 1. The van der Waals surface area contributed by atoms with Crippen LogP contribution in [0, 0.1) is 0 Å². The molecule has 5 nitrogen and oxygen atoms in total. The fraction of sp³-hybridized carbons (Fsp3) is 0.267. The van der Waals surface area contributed by atoms with Crippen molar-refractivity contribution in [1.29, 1.82) is 0 Å². The third kappa shape index (κ3) is 2.96. The molecule has 0 fully saturated rings. The van der Waals surface area contributed by atoms with E-state index in [-0.39, 0.29) is 6.79 Å². The Balaban J connectivity index is 1.84. The maximum atomic E-state index is 10.4. The number of fused-ring (bicyclic) bond motifs is 1. The zero-order chi connectivity index (χ0) is 14.8. The van der Waals surface area contributed by atoms with Crippen LogP contribution in [0.25, 0.3) is 0 Å². The number of ether oxygens (including phenoxy) is 3. The van der Waals surface area contributed by atoms with Crippen LogP contribution in [0.15, 0.2) is 34.9 Å². The Hall–Kier alpha value is -1.79. The molecule has 1 aliphatic rings. The lowest BCUT2D eigenvalue weighted by molar-refractivity contribution is 0.170. The van der Waals surface area contributed by atoms with Crippen molar-refractivity contribution in [2.24, 2.45) is 0 Å². The van der Waals surface area contributed by atoms with Gasteiger partial charge in [-0.2, -0.15) is 0 Å². The number of nitrogens with zero attached hydrogens (tertiary/aromatic N) is 1. The van der Waals surface area contributed by atoms with E-state index in [1.54, 1.807) is 25.4 Å². The summed E-state index contributed by atoms with van der Waals surface area (Å²) in [6.45, 7) is 0.166. The fourth-order valence-corrected chi connectivity index (χ4v) is 2.42. The van der Waals surface area contributed by atoms with E-state index in [1.165, 1.54) is 0 Å². The normalized spacial score (nSPS) is 14.0. The van der Waals surface area contributed by atoms with Gasteiger partial charge in [-0.1, -0.05) is 0 Å². The van der Waals surface area contributed by atoms with Gasteiger partial charge in [-0.05, 0) is 45.8 Å². The van der Waals surface area contributed by atoms with E-state index in [0.29, 0.717) is 29.2 Å². The minimum Gasteiger partial charge on any atom is -0.493 e. The van der Waals surface area contributed by atoms with Gasteiger partial charge in [0.2, 0.25) is 12.5 Å². The molecule has 21 heavy (non-hydrogen) atoms. The van der Waals surface area contributed by atoms with E-state index >= 15 is 0 Å². The van der Waals surface area contributed by atoms with Crippen molar-refractivity contribution < 1.29 is 19.3 Å². The second-order valence-corrected chi connectivity index (χ2v) is 5.56. The van der Waals surface area contributed by atoms with Gasteiger partial charge >= 0.3 is 0 Å². The first-order valence-electron chi connectivity index (χ1n) is 6.43. The largest absolute Gasteiger partial charge is 0.493 e. The second kappa shape index (κ2) is 5.91. The average Bonchev–Trinajstić information content (AvgIpc) is 2.97. The number of rotatable bonds is 4. The lowest BCUT2D eigenvalue weighted by atomic mass is 10.0. The Bertz CT molecular complexity index is 645. The molecule has 0 bridgehead atoms. The highest BCUT2D eigenvalue weighted by molar-refractivity contribution is 9.10. The summed E-state index contributed by atoms with van der Waals surface area (Å²) >= 11 is 3.34. The predicted molar refractivity (Wildman–Crippen MR) is 79.7 cm³/mol. The van der Waals surface area contributed by atoms with E-state index in [4.69, 9.17) is 14.2 Å². The van der Waals surface area contributed by atoms with Crippen molar-refractivity contribution >= 4 is 15.9 Å². The number of benzene rings is 1. The molecule has 2 heterocycles. The van der Waals surface area contributed by atoms with Gasteiger partial charge in [0.05, 0.1) is 13.2 Å². The standard InChI is InChI=1S/C15H14BrNO4/c1-19-13-4-9(5-14-15(13)21-8-20-14)12(18)6-11-3-2-10(16)7-17-11/h2-5,7,12,18H,6,8H2,1H3. The van der Waals surface area contributed by atoms with E-state index in [2.05, 4.69) is 20.9 Å². The molecule has 0 saturated carbocycles. The Morgan fingerprint density at radius 3 is 2.95 bits per heavy atom. The zero-order valence-electron chi connectivity index (χ0n) is 11.4. The van der Waals surface area contributed by atoms with Crippen LogP contribution < -0.4 is 14.2 Å². The quantitative estimate of drug-likeness (QED) is 0.917. The molecule has 1 aliphatic heterocycles. The molecule has 0 radical (unpaired) electrons. The lowest BCUT2D eigenvalue weighted by Gasteiger charge is -2.13. The number of pyridine rings is 1. The lowest BCUT2D eigenvalue weighted by Crippen LogP contribution is -2.04. The molecule has 3 rings (SSSR count). The average molecular weight is 352 g/mol. The monoisotopic (exact) mass is 351 g/mol. The molecule has 0 saturated heterocycles. The van der Waals surface area contributed by atoms with E-state index < -0.39 is 6.10 Å². The van der Waals surface area contributed by atoms with Gasteiger partial charge < -0.3 is 19.3 Å². The number of aromatic nitrogens is 1. The van der Waals surface area contributed by atoms with Gasteiger partial charge in [0.1, 0.15) is 0 Å². The molecule has 0 spiro atoms. The minimum absolute atomic E-state index is 0.166. The molecule has 6 heteroatoms. The summed E-state index contributed by atoms with van der Waals surface area (Å²) in [6.07, 6.45) is 1.43. The summed E-state index contributed by atoms with van der Waals surface area (Å²) in [7, 11) is 1.56. The topological polar surface area (TPSA) is 60.8 Å². The Morgan fingerprint density at radius 1 is 1.38 bits per heavy atom. The molecule has 110 valence electrons. The first-order valence-corrected chi connectivity index (χ1v) is 7.22. The first kappa shape index (κ1) is 14.2. The van der Waals surface area contributed by atoms with Crippen LogP contribution in [0.4, 0.5) is 0 Å². The third-order valence-corrected chi connectivity index (χ3v) is 3.73. The van der Waals surface area contributed by atoms with Crippen molar-refractivity contribution in [3.8, 4) is 17.2 Å². The highest BCUT2D eigenvalue weighted by Gasteiger charge is 2.22. The SMILES string of the molecule is COc1cc(C(O)Cc2ccc(Br)cn2)cc2c1OCO2. The molecule has 1 unspecified atom stereocenters. The summed E-state index contributed by atoms with van der Waals surface area (Å²) in [4.78, 5) is 4.26. The molecule has 0 aliphatic carbocycles. The first-order chi connectivity index (χ1) is 10.2. The molecular weight excluding hydrogens is 338 g/mol. The summed E-state index contributed by atoms with van der Waals surface area (Å²) in [6, 6.07) is 7.30. The molecular formula is C15H14BrNO4. The van der Waals surface area contributed by atoms with Crippen LogP contribution in [0.3, 0.4) is 0 Å². The van der Waals surface area contributed by atoms with Gasteiger partial charge in [-0.15, -0.1) is 0 Å². The van der Waals surface area contributed by atoms with Gasteiger partial charge in [-0.25, -0.2) is 0 Å². The predicted octanol–water partition coefficient (Wildman–Crippen LogP) is 2.86. The fourth-order valence-electron chi connectivity index (χ4n) is 2.19. The summed E-state index contributed by atoms with van der Waals surface area (Å²) in [5, 5.41) is 10.4. The van der Waals surface area contributed by atoms with Crippen LogP contribution in [0.1, 0.15) is 17.4 Å². The number of methoxy groups -OCH3 is 1. The van der Waals surface area contributed by atoms with Crippen molar-refractivity contribution in [2.45, 2.75) is 12.5 Å². The molecule has 1 aromatic heterocycles. The van der Waals surface area contributed by atoms with Crippen molar-refractivity contribution in [1.82, 2.24) is 4.98 Å². The maximum absolute atomic E-state index is 10.4. The number of aliphatic hydroxyl groups is 1. The van der Waals surface area contributed by atoms with E-state index in [0.717, 1.165) is 10.2 Å². The van der Waals surface area contributed by atoms with Crippen LogP contribution >= 0.6 is 15.9 Å². The number of halogens is 1. The molecule has 1 N–H and O–H groups in total. The van der Waals surface area contributed by atoms with Crippen LogP contribution in [-0.4, -0.2) is 24.0 Å². The maximum Gasteiger partial charge on any atom is 0.231 e. The molecule has 1 atom stereocenters. The highest BCUT2D eigenvalue weighted by atomic mass is 79.9. The van der Waals surface area contributed by atoms with Gasteiger partial charge in [-0.3, -0.25) is 4.98 Å². The summed E-state index contributed by atoms with van der Waals surface area (Å²) in [5.74, 6) is 1.73. The van der Waals surface area contributed by atoms with Crippen LogP contribution in [0.5, 0.6) is 17.2 Å². The Labute approximate surface area is 130 Å². The van der Waals surface area contributed by atoms with E-state index in [9.17, 15) is 5.11 Å². The van der Waals surface area contributed by atoms with Gasteiger partial charge in [0, 0.05) is 22.8 Å². The van der Waals surface area contributed by atoms with Crippen LogP contribution in [0.2, 0.25) is 0 Å². The summed E-state index contributed by atoms with van der Waals surface area (Å²) < 4.78 is 16.9.